The van der Waals surface area contributed by atoms with Gasteiger partial charge < -0.3 is 24.1 Å². The summed E-state index contributed by atoms with van der Waals surface area (Å²) in [5, 5.41) is 3.17. The fourth-order valence-electron chi connectivity index (χ4n) is 2.90. The molecule has 3 aromatic rings. The number of hydrogen-bond donors (Lipinski definition) is 1. The van der Waals surface area contributed by atoms with E-state index in [9.17, 15) is 9.18 Å². The van der Waals surface area contributed by atoms with E-state index in [-0.39, 0.29) is 23.3 Å². The van der Waals surface area contributed by atoms with Crippen molar-refractivity contribution < 1.29 is 18.6 Å². The molecule has 0 radical (unpaired) electrons. The molecule has 0 aliphatic heterocycles. The summed E-state index contributed by atoms with van der Waals surface area (Å²) in [5.41, 5.74) is 1.73. The summed E-state index contributed by atoms with van der Waals surface area (Å²) in [5.74, 6) is 0.963. The number of benzene rings is 2. The van der Waals surface area contributed by atoms with Crippen LogP contribution in [-0.2, 0) is 6.54 Å². The lowest BCUT2D eigenvalue weighted by Gasteiger charge is -2.18. The van der Waals surface area contributed by atoms with E-state index in [1.165, 1.54) is 32.5 Å². The average molecular weight is 434 g/mol. The zero-order chi connectivity index (χ0) is 21.8. The number of nitrogens with one attached hydrogen (secondary N) is 1. The normalized spacial score (nSPS) is 10.6. The predicted octanol–water partition coefficient (Wildman–Crippen LogP) is 4.16. The molecule has 7 nitrogen and oxygen atoms in total. The van der Waals surface area contributed by atoms with Crippen LogP contribution in [0.5, 0.6) is 17.2 Å². The average Bonchev–Trinajstić information content (AvgIpc) is 2.73. The van der Waals surface area contributed by atoms with Crippen molar-refractivity contribution in [2.75, 3.05) is 26.6 Å². The fourth-order valence-corrected chi connectivity index (χ4v) is 3.11. The third-order valence-electron chi connectivity index (χ3n) is 4.50. The van der Waals surface area contributed by atoms with Gasteiger partial charge in [-0.15, -0.1) is 0 Å². The maximum atomic E-state index is 13.5. The van der Waals surface area contributed by atoms with Crippen LogP contribution in [0.2, 0.25) is 5.02 Å². The first-order valence-corrected chi connectivity index (χ1v) is 9.33. The molecule has 0 aliphatic rings. The van der Waals surface area contributed by atoms with Gasteiger partial charge in [0.25, 0.3) is 0 Å². The summed E-state index contributed by atoms with van der Waals surface area (Å²) in [6.45, 7) is 2.16. The molecule has 3 rings (SSSR count). The molecule has 0 unspecified atom stereocenters. The van der Waals surface area contributed by atoms with Crippen LogP contribution in [-0.4, -0.2) is 30.9 Å². The van der Waals surface area contributed by atoms with Crippen LogP contribution in [0.25, 0.3) is 0 Å². The molecule has 1 heterocycles. The van der Waals surface area contributed by atoms with E-state index in [0.717, 1.165) is 11.1 Å². The minimum absolute atomic E-state index is 0.0127. The Morgan fingerprint density at radius 1 is 1.07 bits per heavy atom. The SMILES string of the molecule is COc1cc(C)c(Nc2nc(=O)c(OC)cn2Cc2ccc(F)c(Cl)c2)cc1OC. The second-order valence-electron chi connectivity index (χ2n) is 6.46. The first-order chi connectivity index (χ1) is 14.4. The third-order valence-corrected chi connectivity index (χ3v) is 4.79. The van der Waals surface area contributed by atoms with Gasteiger partial charge in [0.15, 0.2) is 11.5 Å². The molecule has 0 saturated heterocycles. The summed E-state index contributed by atoms with van der Waals surface area (Å²) < 4.78 is 31.0. The van der Waals surface area contributed by atoms with Crippen molar-refractivity contribution in [2.24, 2.45) is 0 Å². The number of methoxy groups -OCH3 is 3. The summed E-state index contributed by atoms with van der Waals surface area (Å²) in [7, 11) is 4.49. The molecule has 0 amide bonds. The summed E-state index contributed by atoms with van der Waals surface area (Å²) in [6.07, 6.45) is 1.53. The van der Waals surface area contributed by atoms with Crippen molar-refractivity contribution in [1.82, 2.24) is 9.55 Å². The molecule has 158 valence electrons. The lowest BCUT2D eigenvalue weighted by molar-refractivity contribution is 0.355. The first kappa shape index (κ1) is 21.4. The van der Waals surface area contributed by atoms with Gasteiger partial charge in [0.2, 0.25) is 11.7 Å². The molecule has 30 heavy (non-hydrogen) atoms. The lowest BCUT2D eigenvalue weighted by Crippen LogP contribution is -2.19. The van der Waals surface area contributed by atoms with Gasteiger partial charge in [-0.3, -0.25) is 4.79 Å². The molecule has 0 atom stereocenters. The van der Waals surface area contributed by atoms with Gasteiger partial charge in [-0.1, -0.05) is 17.7 Å². The van der Waals surface area contributed by atoms with Crippen molar-refractivity contribution >= 4 is 23.2 Å². The zero-order valence-corrected chi connectivity index (χ0v) is 17.7. The summed E-state index contributed by atoms with van der Waals surface area (Å²) >= 11 is 5.90. The Balaban J connectivity index is 2.05. The van der Waals surface area contributed by atoms with Crippen molar-refractivity contribution in [3.05, 3.63) is 68.8 Å². The molecule has 1 N–H and O–H groups in total. The van der Waals surface area contributed by atoms with Crippen LogP contribution in [0.4, 0.5) is 16.0 Å². The second kappa shape index (κ2) is 9.04. The molecular weight excluding hydrogens is 413 g/mol. The lowest BCUT2D eigenvalue weighted by atomic mass is 10.1. The van der Waals surface area contributed by atoms with Gasteiger partial charge in [-0.05, 0) is 36.2 Å². The van der Waals surface area contributed by atoms with Crippen molar-refractivity contribution in [2.45, 2.75) is 13.5 Å². The molecule has 0 saturated carbocycles. The van der Waals surface area contributed by atoms with Gasteiger partial charge in [-0.25, -0.2) is 4.39 Å². The predicted molar refractivity (Wildman–Crippen MR) is 113 cm³/mol. The smallest absolute Gasteiger partial charge is 0.316 e. The standard InChI is InChI=1S/C21H21ClFN3O4/c1-12-7-17(28-2)18(29-3)9-16(12)24-21-25-20(27)19(30-4)11-26(21)10-13-5-6-15(23)14(22)8-13/h5-9,11H,10H2,1-4H3,(H,24,25,27). The molecule has 0 aliphatic carbocycles. The minimum atomic E-state index is -0.522. The monoisotopic (exact) mass is 433 g/mol. The highest BCUT2D eigenvalue weighted by Gasteiger charge is 2.14. The van der Waals surface area contributed by atoms with E-state index in [2.05, 4.69) is 10.3 Å². The summed E-state index contributed by atoms with van der Waals surface area (Å²) in [6, 6.07) is 7.98. The Labute approximate surface area is 178 Å². The first-order valence-electron chi connectivity index (χ1n) is 8.95. The quantitative estimate of drug-likeness (QED) is 0.603. The van der Waals surface area contributed by atoms with E-state index >= 15 is 0 Å². The number of aryl methyl sites for hydroxylation is 1. The number of hydrogen-bond acceptors (Lipinski definition) is 6. The highest BCUT2D eigenvalue weighted by Crippen LogP contribution is 2.34. The molecule has 0 fully saturated rings. The molecular formula is C21H21ClFN3O4. The Morgan fingerprint density at radius 2 is 1.73 bits per heavy atom. The number of rotatable bonds is 7. The van der Waals surface area contributed by atoms with Crippen LogP contribution >= 0.6 is 11.6 Å². The Morgan fingerprint density at radius 3 is 2.37 bits per heavy atom. The third kappa shape index (κ3) is 4.49. The molecule has 1 aromatic heterocycles. The maximum Gasteiger partial charge on any atom is 0.316 e. The molecule has 0 spiro atoms. The topological polar surface area (TPSA) is 74.6 Å². The number of aromatic nitrogens is 2. The Hall–Kier alpha value is -3.26. The molecule has 0 bridgehead atoms. The number of ether oxygens (including phenoxy) is 3. The van der Waals surface area contributed by atoms with Crippen molar-refractivity contribution in [1.29, 1.82) is 0 Å². The van der Waals surface area contributed by atoms with E-state index in [0.29, 0.717) is 17.2 Å². The Bertz CT molecular complexity index is 1130. The number of nitrogens with zero attached hydrogens (tertiary/aromatic N) is 2. The highest BCUT2D eigenvalue weighted by atomic mass is 35.5. The van der Waals surface area contributed by atoms with Crippen LogP contribution in [0.15, 0.2) is 41.3 Å². The Kier molecular flexibility index (Phi) is 6.47. The van der Waals surface area contributed by atoms with Gasteiger partial charge in [0, 0.05) is 11.8 Å². The van der Waals surface area contributed by atoms with Crippen LogP contribution in [0.1, 0.15) is 11.1 Å². The van der Waals surface area contributed by atoms with Crippen LogP contribution in [0.3, 0.4) is 0 Å². The van der Waals surface area contributed by atoms with E-state index in [1.807, 2.05) is 13.0 Å². The fraction of sp³-hybridized carbons (Fsp3) is 0.238. The largest absolute Gasteiger partial charge is 0.493 e. The van der Waals surface area contributed by atoms with E-state index < -0.39 is 11.4 Å². The van der Waals surface area contributed by atoms with E-state index in [4.69, 9.17) is 25.8 Å². The number of anilines is 2. The second-order valence-corrected chi connectivity index (χ2v) is 6.87. The van der Waals surface area contributed by atoms with Gasteiger partial charge in [0.1, 0.15) is 5.82 Å². The van der Waals surface area contributed by atoms with Gasteiger partial charge >= 0.3 is 5.56 Å². The summed E-state index contributed by atoms with van der Waals surface area (Å²) in [4.78, 5) is 16.4. The van der Waals surface area contributed by atoms with Crippen LogP contribution < -0.4 is 25.1 Å². The van der Waals surface area contributed by atoms with E-state index in [1.54, 1.807) is 23.8 Å². The number of halogens is 2. The van der Waals surface area contributed by atoms with Crippen molar-refractivity contribution in [3.63, 3.8) is 0 Å². The van der Waals surface area contributed by atoms with Gasteiger partial charge in [-0.2, -0.15) is 4.98 Å². The molecule has 9 heteroatoms. The van der Waals surface area contributed by atoms with Gasteiger partial charge in [0.05, 0.1) is 39.1 Å². The van der Waals surface area contributed by atoms with Crippen LogP contribution in [0, 0.1) is 12.7 Å². The maximum absolute atomic E-state index is 13.5. The molecule has 2 aromatic carbocycles. The highest BCUT2D eigenvalue weighted by molar-refractivity contribution is 6.30. The zero-order valence-electron chi connectivity index (χ0n) is 17.0. The minimum Gasteiger partial charge on any atom is -0.493 e. The van der Waals surface area contributed by atoms with Crippen molar-refractivity contribution in [3.8, 4) is 17.2 Å².